The number of nitrogens with zero attached hydrogens (tertiary/aromatic N) is 1. The molecule has 4 aromatic rings. The summed E-state index contributed by atoms with van der Waals surface area (Å²) in [7, 11) is 2.93. The molecule has 0 bridgehead atoms. The summed E-state index contributed by atoms with van der Waals surface area (Å²) in [5.74, 6) is 0.648. The highest BCUT2D eigenvalue weighted by Gasteiger charge is 2.17. The van der Waals surface area contributed by atoms with Gasteiger partial charge in [-0.2, -0.15) is 5.26 Å². The molecule has 0 spiro atoms. The zero-order valence-electron chi connectivity index (χ0n) is 19.7. The lowest BCUT2D eigenvalue weighted by Crippen LogP contribution is -2.14. The summed E-state index contributed by atoms with van der Waals surface area (Å²) in [6.45, 7) is 0.343. The molecule has 6 nitrogen and oxygen atoms in total. The van der Waals surface area contributed by atoms with Gasteiger partial charge in [-0.15, -0.1) is 0 Å². The molecule has 0 aliphatic carbocycles. The van der Waals surface area contributed by atoms with Crippen LogP contribution in [0.1, 0.15) is 11.1 Å². The number of hydrogen-bond donors (Lipinski definition) is 1. The van der Waals surface area contributed by atoms with Crippen molar-refractivity contribution in [3.05, 3.63) is 101 Å². The van der Waals surface area contributed by atoms with Crippen molar-refractivity contribution in [2.24, 2.45) is 0 Å². The van der Waals surface area contributed by atoms with Crippen LogP contribution >= 0.6 is 11.6 Å². The van der Waals surface area contributed by atoms with Crippen molar-refractivity contribution in [1.29, 1.82) is 5.26 Å². The number of methoxy groups -OCH3 is 2. The fraction of sp³-hybridized carbons (Fsp3) is 0.103. The monoisotopic (exact) mass is 498 g/mol. The van der Waals surface area contributed by atoms with Crippen molar-refractivity contribution in [2.75, 3.05) is 19.5 Å². The summed E-state index contributed by atoms with van der Waals surface area (Å²) >= 11 is 6.17. The molecule has 0 saturated carbocycles. The van der Waals surface area contributed by atoms with E-state index in [4.69, 9.17) is 25.8 Å². The summed E-state index contributed by atoms with van der Waals surface area (Å²) in [6, 6.07) is 26.4. The van der Waals surface area contributed by atoms with E-state index < -0.39 is 5.91 Å². The first kappa shape index (κ1) is 24.6. The molecule has 0 aromatic heterocycles. The summed E-state index contributed by atoms with van der Waals surface area (Å²) in [5.41, 5.74) is 1.86. The summed E-state index contributed by atoms with van der Waals surface area (Å²) in [5, 5.41) is 14.8. The number of anilines is 1. The highest BCUT2D eigenvalue weighted by atomic mass is 35.5. The average molecular weight is 499 g/mol. The SMILES string of the molecule is COc1cc(NC(=O)/C(C#N)=C/c2c(OCc3ccccc3)ccc3ccccc23)c(OC)cc1Cl. The van der Waals surface area contributed by atoms with Gasteiger partial charge in [0.15, 0.2) is 0 Å². The van der Waals surface area contributed by atoms with Gasteiger partial charge in [0.2, 0.25) is 0 Å². The van der Waals surface area contributed by atoms with E-state index in [0.717, 1.165) is 16.3 Å². The third kappa shape index (κ3) is 5.43. The molecule has 0 heterocycles. The first-order valence-electron chi connectivity index (χ1n) is 11.1. The van der Waals surface area contributed by atoms with Gasteiger partial charge in [-0.25, -0.2) is 0 Å². The molecule has 0 atom stereocenters. The van der Waals surface area contributed by atoms with Crippen LogP contribution in [-0.2, 0) is 11.4 Å². The quantitative estimate of drug-likeness (QED) is 0.218. The van der Waals surface area contributed by atoms with Crippen molar-refractivity contribution < 1.29 is 19.0 Å². The van der Waals surface area contributed by atoms with Crippen LogP contribution in [0.5, 0.6) is 17.2 Å². The van der Waals surface area contributed by atoms with Crippen molar-refractivity contribution in [2.45, 2.75) is 6.61 Å². The lowest BCUT2D eigenvalue weighted by molar-refractivity contribution is -0.112. The van der Waals surface area contributed by atoms with E-state index in [1.54, 1.807) is 6.07 Å². The van der Waals surface area contributed by atoms with Crippen LogP contribution in [-0.4, -0.2) is 20.1 Å². The minimum atomic E-state index is -0.609. The molecule has 1 amide bonds. The van der Waals surface area contributed by atoms with Gasteiger partial charge < -0.3 is 19.5 Å². The molecule has 0 radical (unpaired) electrons. The second-order valence-corrected chi connectivity index (χ2v) is 8.19. The summed E-state index contributed by atoms with van der Waals surface area (Å²) in [4.78, 5) is 13.2. The smallest absolute Gasteiger partial charge is 0.266 e. The number of rotatable bonds is 8. The lowest BCUT2D eigenvalue weighted by Gasteiger charge is -2.14. The molecule has 0 unspecified atom stereocenters. The number of fused-ring (bicyclic) bond motifs is 1. The van der Waals surface area contributed by atoms with E-state index in [1.165, 1.54) is 26.4 Å². The Balaban J connectivity index is 1.72. The standard InChI is InChI=1S/C29H23ClN2O4/c1-34-27-16-25(28(35-2)15-24(27)30)32-29(33)21(17-31)14-23-22-11-7-6-10-20(22)12-13-26(23)36-18-19-8-4-3-5-9-19/h3-16H,18H2,1-2H3,(H,32,33)/b21-14+. The van der Waals surface area contributed by atoms with Crippen molar-refractivity contribution in [3.8, 4) is 23.3 Å². The Hall–Kier alpha value is -4.47. The molecule has 1 N–H and O–H groups in total. The molecule has 0 saturated heterocycles. The minimum Gasteiger partial charge on any atom is -0.495 e. The molecular formula is C29H23ClN2O4. The number of halogens is 1. The van der Waals surface area contributed by atoms with Crippen LogP contribution in [0.25, 0.3) is 16.8 Å². The largest absolute Gasteiger partial charge is 0.495 e. The third-order valence-corrected chi connectivity index (χ3v) is 5.84. The van der Waals surface area contributed by atoms with Crippen molar-refractivity contribution in [1.82, 2.24) is 0 Å². The molecule has 4 aromatic carbocycles. The maximum atomic E-state index is 13.2. The average Bonchev–Trinajstić information content (AvgIpc) is 2.91. The first-order valence-corrected chi connectivity index (χ1v) is 11.4. The van der Waals surface area contributed by atoms with Crippen molar-refractivity contribution >= 4 is 40.0 Å². The molecule has 4 rings (SSSR count). The lowest BCUT2D eigenvalue weighted by atomic mass is 10.0. The van der Waals surface area contributed by atoms with Crippen LogP contribution in [0.15, 0.2) is 84.4 Å². The number of hydrogen-bond acceptors (Lipinski definition) is 5. The van der Waals surface area contributed by atoms with Crippen molar-refractivity contribution in [3.63, 3.8) is 0 Å². The molecule has 180 valence electrons. The van der Waals surface area contributed by atoms with E-state index >= 15 is 0 Å². The topological polar surface area (TPSA) is 80.6 Å². The first-order chi connectivity index (χ1) is 17.5. The van der Waals surface area contributed by atoms with Gasteiger partial charge in [0.05, 0.1) is 24.9 Å². The predicted octanol–water partition coefficient (Wildman–Crippen LogP) is 6.64. The molecule has 0 aliphatic heterocycles. The van der Waals surface area contributed by atoms with Gasteiger partial charge in [-0.1, -0.05) is 72.3 Å². The number of carbonyl (C=O) groups excluding carboxylic acids is 1. The van der Waals surface area contributed by atoms with Crippen LogP contribution in [0, 0.1) is 11.3 Å². The Morgan fingerprint density at radius 3 is 2.39 bits per heavy atom. The van der Waals surface area contributed by atoms with Crippen LogP contribution in [0.2, 0.25) is 5.02 Å². The molecule has 7 heteroatoms. The Kier molecular flexibility index (Phi) is 7.74. The van der Waals surface area contributed by atoms with Gasteiger partial charge in [0.1, 0.15) is 35.5 Å². The molecule has 36 heavy (non-hydrogen) atoms. The highest BCUT2D eigenvalue weighted by molar-refractivity contribution is 6.32. The molecular weight excluding hydrogens is 476 g/mol. The number of nitrogens with one attached hydrogen (secondary N) is 1. The van der Waals surface area contributed by atoms with Gasteiger partial charge in [0, 0.05) is 17.7 Å². The fourth-order valence-electron chi connectivity index (χ4n) is 3.73. The fourth-order valence-corrected chi connectivity index (χ4v) is 3.96. The maximum absolute atomic E-state index is 13.2. The third-order valence-electron chi connectivity index (χ3n) is 5.54. The number of amides is 1. The molecule has 0 aliphatic rings. The number of ether oxygens (including phenoxy) is 3. The second kappa shape index (κ2) is 11.3. The van der Waals surface area contributed by atoms with E-state index in [-0.39, 0.29) is 5.57 Å². The Labute approximate surface area is 214 Å². The Morgan fingerprint density at radius 2 is 1.67 bits per heavy atom. The van der Waals surface area contributed by atoms with E-state index in [2.05, 4.69) is 5.32 Å². The van der Waals surface area contributed by atoms with Crippen LogP contribution in [0.4, 0.5) is 5.69 Å². The zero-order chi connectivity index (χ0) is 25.5. The summed E-state index contributed by atoms with van der Waals surface area (Å²) in [6.07, 6.45) is 1.54. The Morgan fingerprint density at radius 1 is 0.944 bits per heavy atom. The number of carbonyl (C=O) groups is 1. The van der Waals surface area contributed by atoms with E-state index in [1.807, 2.05) is 72.8 Å². The number of nitriles is 1. The highest BCUT2D eigenvalue weighted by Crippen LogP contribution is 2.36. The normalized spacial score (nSPS) is 11.0. The van der Waals surface area contributed by atoms with Gasteiger partial charge in [-0.3, -0.25) is 4.79 Å². The van der Waals surface area contributed by atoms with Crippen LogP contribution in [0.3, 0.4) is 0 Å². The Bertz CT molecular complexity index is 1480. The predicted molar refractivity (Wildman–Crippen MR) is 141 cm³/mol. The zero-order valence-corrected chi connectivity index (χ0v) is 20.5. The van der Waals surface area contributed by atoms with Crippen LogP contribution < -0.4 is 19.5 Å². The van der Waals surface area contributed by atoms with Gasteiger partial charge >= 0.3 is 0 Å². The van der Waals surface area contributed by atoms with Gasteiger partial charge in [0.25, 0.3) is 5.91 Å². The van der Waals surface area contributed by atoms with E-state index in [9.17, 15) is 10.1 Å². The maximum Gasteiger partial charge on any atom is 0.266 e. The molecule has 0 fully saturated rings. The second-order valence-electron chi connectivity index (χ2n) is 7.78. The minimum absolute atomic E-state index is 0.105. The van der Waals surface area contributed by atoms with Gasteiger partial charge in [-0.05, 0) is 28.5 Å². The van der Waals surface area contributed by atoms with E-state index in [0.29, 0.717) is 40.1 Å². The summed E-state index contributed by atoms with van der Waals surface area (Å²) < 4.78 is 16.7. The number of benzene rings is 4.